The number of carboxylic acid groups (broad SMARTS) is 1. The maximum absolute atomic E-state index is 12.0. The Kier molecular flexibility index (Phi) is 4.45. The fourth-order valence-corrected chi connectivity index (χ4v) is 2.68. The third kappa shape index (κ3) is 3.51. The number of aromatic hydroxyl groups is 1. The van der Waals surface area contributed by atoms with Gasteiger partial charge in [-0.05, 0) is 37.7 Å². The van der Waals surface area contributed by atoms with Crippen LogP contribution in [-0.4, -0.2) is 33.6 Å². The van der Waals surface area contributed by atoms with E-state index in [-0.39, 0.29) is 17.9 Å². The number of amides is 1. The summed E-state index contributed by atoms with van der Waals surface area (Å²) in [6.07, 6.45) is 5.43. The minimum atomic E-state index is -0.883. The molecule has 1 amide bonds. The summed E-state index contributed by atoms with van der Waals surface area (Å²) in [5.41, 5.74) is -0.661. The maximum atomic E-state index is 12.0. The van der Waals surface area contributed by atoms with Crippen molar-refractivity contribution < 1.29 is 19.8 Å². The number of nitrogens with zero attached hydrogens (tertiary/aromatic N) is 1. The SMILES string of the molecule is CC1CCC(CNC(=O)c2cncc(O)c2)(C(=O)O)CC1. The molecule has 3 N–H and O–H groups in total. The molecule has 0 bridgehead atoms. The van der Waals surface area contributed by atoms with Crippen molar-refractivity contribution in [1.29, 1.82) is 0 Å². The number of pyridine rings is 1. The van der Waals surface area contributed by atoms with Gasteiger partial charge in [-0.25, -0.2) is 0 Å². The van der Waals surface area contributed by atoms with E-state index in [2.05, 4.69) is 17.2 Å². The Hall–Kier alpha value is -2.11. The smallest absolute Gasteiger partial charge is 0.311 e. The Labute approximate surface area is 123 Å². The Morgan fingerprint density at radius 1 is 1.38 bits per heavy atom. The molecule has 0 spiro atoms. The molecule has 0 unspecified atom stereocenters. The molecule has 1 aromatic rings. The number of carboxylic acids is 1. The second-order valence-electron chi connectivity index (χ2n) is 5.88. The number of aliphatic carboxylic acids is 1. The molecule has 2 rings (SSSR count). The summed E-state index contributed by atoms with van der Waals surface area (Å²) in [5.74, 6) is -0.841. The van der Waals surface area contributed by atoms with E-state index in [0.717, 1.165) is 12.8 Å². The topological polar surface area (TPSA) is 99.5 Å². The number of rotatable bonds is 4. The van der Waals surface area contributed by atoms with Crippen LogP contribution >= 0.6 is 0 Å². The molecule has 1 heterocycles. The lowest BCUT2D eigenvalue weighted by Crippen LogP contribution is -2.45. The van der Waals surface area contributed by atoms with Crippen molar-refractivity contribution in [2.75, 3.05) is 6.54 Å². The van der Waals surface area contributed by atoms with Crippen LogP contribution in [0.4, 0.5) is 0 Å². The summed E-state index contributed by atoms with van der Waals surface area (Å²) < 4.78 is 0. The predicted molar refractivity (Wildman–Crippen MR) is 75.9 cm³/mol. The lowest BCUT2D eigenvalue weighted by molar-refractivity contribution is -0.151. The molecule has 1 fully saturated rings. The molecular weight excluding hydrogens is 272 g/mol. The lowest BCUT2D eigenvalue weighted by atomic mass is 9.71. The standard InChI is InChI=1S/C15H20N2O4/c1-10-2-4-15(5-3-10,14(20)21)9-17-13(19)11-6-12(18)8-16-7-11/h6-8,10,18H,2-5,9H2,1H3,(H,17,19)(H,20,21). The number of hydrogen-bond acceptors (Lipinski definition) is 4. The van der Waals surface area contributed by atoms with E-state index in [9.17, 15) is 19.8 Å². The van der Waals surface area contributed by atoms with E-state index in [1.165, 1.54) is 18.5 Å². The highest BCUT2D eigenvalue weighted by atomic mass is 16.4. The third-order valence-electron chi connectivity index (χ3n) is 4.26. The van der Waals surface area contributed by atoms with Gasteiger partial charge in [-0.2, -0.15) is 0 Å². The zero-order valence-electron chi connectivity index (χ0n) is 12.0. The molecule has 0 aromatic carbocycles. The quantitative estimate of drug-likeness (QED) is 0.785. The molecule has 0 atom stereocenters. The number of carbonyl (C=O) groups is 2. The van der Waals surface area contributed by atoms with Gasteiger partial charge in [-0.15, -0.1) is 0 Å². The summed E-state index contributed by atoms with van der Waals surface area (Å²) in [7, 11) is 0. The van der Waals surface area contributed by atoms with E-state index in [0.29, 0.717) is 18.8 Å². The highest BCUT2D eigenvalue weighted by Gasteiger charge is 2.41. The first-order valence-electron chi connectivity index (χ1n) is 7.08. The van der Waals surface area contributed by atoms with Crippen LogP contribution in [0.1, 0.15) is 43.0 Å². The van der Waals surface area contributed by atoms with Crippen molar-refractivity contribution in [3.8, 4) is 5.75 Å². The summed E-state index contributed by atoms with van der Waals surface area (Å²) in [6, 6.07) is 1.30. The van der Waals surface area contributed by atoms with E-state index in [1.54, 1.807) is 0 Å². The molecule has 6 heteroatoms. The second kappa shape index (κ2) is 6.11. The molecule has 114 valence electrons. The van der Waals surface area contributed by atoms with Crippen LogP contribution in [0.25, 0.3) is 0 Å². The van der Waals surface area contributed by atoms with Crippen molar-refractivity contribution in [1.82, 2.24) is 10.3 Å². The predicted octanol–water partition coefficient (Wildman–Crippen LogP) is 1.80. The zero-order valence-corrected chi connectivity index (χ0v) is 12.0. The highest BCUT2D eigenvalue weighted by Crippen LogP contribution is 2.38. The Balaban J connectivity index is 2.02. The minimum Gasteiger partial charge on any atom is -0.506 e. The molecule has 0 saturated heterocycles. The van der Waals surface area contributed by atoms with Gasteiger partial charge in [-0.3, -0.25) is 14.6 Å². The van der Waals surface area contributed by atoms with E-state index >= 15 is 0 Å². The molecular formula is C15H20N2O4. The van der Waals surface area contributed by atoms with Crippen LogP contribution < -0.4 is 5.32 Å². The van der Waals surface area contributed by atoms with Crippen molar-refractivity contribution >= 4 is 11.9 Å². The summed E-state index contributed by atoms with van der Waals surface area (Å²) in [5, 5.41) is 21.5. The van der Waals surface area contributed by atoms with Crippen LogP contribution in [0, 0.1) is 11.3 Å². The third-order valence-corrected chi connectivity index (χ3v) is 4.26. The van der Waals surface area contributed by atoms with Crippen molar-refractivity contribution in [2.45, 2.75) is 32.6 Å². The molecule has 0 aliphatic heterocycles. The van der Waals surface area contributed by atoms with E-state index in [1.807, 2.05) is 0 Å². The van der Waals surface area contributed by atoms with Crippen LogP contribution in [0.2, 0.25) is 0 Å². The molecule has 0 radical (unpaired) electrons. The summed E-state index contributed by atoms with van der Waals surface area (Å²) in [4.78, 5) is 27.3. The molecule has 1 aromatic heterocycles. The number of aromatic nitrogens is 1. The fraction of sp³-hybridized carbons (Fsp3) is 0.533. The van der Waals surface area contributed by atoms with Gasteiger partial charge in [0.05, 0.1) is 17.2 Å². The first kappa shape index (κ1) is 15.3. The fourth-order valence-electron chi connectivity index (χ4n) is 2.68. The van der Waals surface area contributed by atoms with E-state index < -0.39 is 17.3 Å². The van der Waals surface area contributed by atoms with Crippen molar-refractivity contribution in [3.05, 3.63) is 24.0 Å². The largest absolute Gasteiger partial charge is 0.506 e. The Bertz CT molecular complexity index is 536. The van der Waals surface area contributed by atoms with Gasteiger partial charge >= 0.3 is 5.97 Å². The Morgan fingerprint density at radius 2 is 2.05 bits per heavy atom. The zero-order chi connectivity index (χ0) is 15.5. The molecule has 1 aliphatic carbocycles. The molecule has 1 saturated carbocycles. The molecule has 21 heavy (non-hydrogen) atoms. The number of hydrogen-bond donors (Lipinski definition) is 3. The van der Waals surface area contributed by atoms with Gasteiger partial charge in [0.15, 0.2) is 0 Å². The first-order chi connectivity index (χ1) is 9.93. The Morgan fingerprint density at radius 3 is 2.62 bits per heavy atom. The minimum absolute atomic E-state index is 0.0953. The van der Waals surface area contributed by atoms with Gasteiger partial charge in [0, 0.05) is 12.7 Å². The number of nitrogens with one attached hydrogen (secondary N) is 1. The monoisotopic (exact) mass is 292 g/mol. The maximum Gasteiger partial charge on any atom is 0.311 e. The summed E-state index contributed by atoms with van der Waals surface area (Å²) in [6.45, 7) is 2.21. The van der Waals surface area contributed by atoms with Gasteiger partial charge < -0.3 is 15.5 Å². The van der Waals surface area contributed by atoms with Gasteiger partial charge in [0.1, 0.15) is 5.75 Å². The lowest BCUT2D eigenvalue weighted by Gasteiger charge is -2.35. The van der Waals surface area contributed by atoms with Gasteiger partial charge in [-0.1, -0.05) is 6.92 Å². The van der Waals surface area contributed by atoms with Crippen LogP contribution in [0.15, 0.2) is 18.5 Å². The van der Waals surface area contributed by atoms with Crippen LogP contribution in [0.3, 0.4) is 0 Å². The molecule has 6 nitrogen and oxygen atoms in total. The van der Waals surface area contributed by atoms with Gasteiger partial charge in [0.25, 0.3) is 5.91 Å². The number of carbonyl (C=O) groups excluding carboxylic acids is 1. The normalized spacial score (nSPS) is 25.3. The van der Waals surface area contributed by atoms with Gasteiger partial charge in [0.2, 0.25) is 0 Å². The first-order valence-corrected chi connectivity index (χ1v) is 7.08. The summed E-state index contributed by atoms with van der Waals surface area (Å²) >= 11 is 0. The molecule has 1 aliphatic rings. The second-order valence-corrected chi connectivity index (χ2v) is 5.88. The van der Waals surface area contributed by atoms with Crippen molar-refractivity contribution in [2.24, 2.45) is 11.3 Å². The van der Waals surface area contributed by atoms with Crippen molar-refractivity contribution in [3.63, 3.8) is 0 Å². The van der Waals surface area contributed by atoms with Crippen LogP contribution in [-0.2, 0) is 4.79 Å². The van der Waals surface area contributed by atoms with Crippen LogP contribution in [0.5, 0.6) is 5.75 Å². The van der Waals surface area contributed by atoms with E-state index in [4.69, 9.17) is 0 Å². The average molecular weight is 292 g/mol. The average Bonchev–Trinajstić information content (AvgIpc) is 2.46. The highest BCUT2D eigenvalue weighted by molar-refractivity contribution is 5.94.